The maximum Gasteiger partial charge on any atom is 0.123 e. The summed E-state index contributed by atoms with van der Waals surface area (Å²) in [6.45, 7) is 4.25. The number of nitroso groups, excluding NO2 is 1. The molecule has 1 unspecified atom stereocenters. The molecule has 2 aromatic rings. The van der Waals surface area contributed by atoms with Gasteiger partial charge < -0.3 is 9.84 Å². The Morgan fingerprint density at radius 2 is 2.00 bits per heavy atom. The third-order valence-electron chi connectivity index (χ3n) is 4.33. The first-order valence-electron chi connectivity index (χ1n) is 9.14. The van der Waals surface area contributed by atoms with Crippen LogP contribution >= 0.6 is 23.4 Å². The molecule has 2 aromatic carbocycles. The predicted molar refractivity (Wildman–Crippen MR) is 112 cm³/mol. The van der Waals surface area contributed by atoms with E-state index in [1.165, 1.54) is 0 Å². The van der Waals surface area contributed by atoms with Crippen molar-refractivity contribution in [2.45, 2.75) is 54.9 Å². The van der Waals surface area contributed by atoms with Crippen molar-refractivity contribution in [2.24, 2.45) is 5.18 Å². The van der Waals surface area contributed by atoms with Crippen LogP contribution in [-0.2, 0) is 6.42 Å². The summed E-state index contributed by atoms with van der Waals surface area (Å²) in [5, 5.41) is 13.0. The first-order valence-corrected chi connectivity index (χ1v) is 10.3. The van der Waals surface area contributed by atoms with Gasteiger partial charge in [-0.15, -0.1) is 0 Å². The molecule has 146 valence electrons. The van der Waals surface area contributed by atoms with Gasteiger partial charge in [-0.25, -0.2) is 0 Å². The molecule has 2 rings (SSSR count). The van der Waals surface area contributed by atoms with Gasteiger partial charge in [0.15, 0.2) is 0 Å². The lowest BCUT2D eigenvalue weighted by Gasteiger charge is -2.18. The van der Waals surface area contributed by atoms with Gasteiger partial charge in [0.2, 0.25) is 0 Å². The summed E-state index contributed by atoms with van der Waals surface area (Å²) >= 11 is 8.04. The van der Waals surface area contributed by atoms with Gasteiger partial charge in [0.25, 0.3) is 0 Å². The molecule has 0 amide bonds. The van der Waals surface area contributed by atoms with E-state index in [0.717, 1.165) is 40.6 Å². The highest BCUT2D eigenvalue weighted by molar-refractivity contribution is 7.99. The van der Waals surface area contributed by atoms with Crippen LogP contribution < -0.4 is 4.74 Å². The molecular weight excluding hydrogens is 382 g/mol. The normalized spacial score (nSPS) is 13.2. The summed E-state index contributed by atoms with van der Waals surface area (Å²) in [5.41, 5.74) is -0.0180. The fourth-order valence-electron chi connectivity index (χ4n) is 2.45. The minimum atomic E-state index is -0.963. The molecule has 0 heterocycles. The van der Waals surface area contributed by atoms with Crippen LogP contribution in [0.3, 0.4) is 0 Å². The van der Waals surface area contributed by atoms with Crippen molar-refractivity contribution in [3.8, 4) is 5.75 Å². The first-order chi connectivity index (χ1) is 13.0. The van der Waals surface area contributed by atoms with Gasteiger partial charge in [0, 0.05) is 14.8 Å². The smallest absolute Gasteiger partial charge is 0.123 e. The Balaban J connectivity index is 2.01. The largest absolute Gasteiger partial charge is 0.494 e. The molecule has 0 radical (unpaired) electrons. The van der Waals surface area contributed by atoms with E-state index in [1.807, 2.05) is 42.5 Å². The SMILES string of the molecule is CCCCOc1cccc(Sc2ccc(CCC(C)(CO)N=O)c(Cl)c2)c1. The van der Waals surface area contributed by atoms with Gasteiger partial charge >= 0.3 is 0 Å². The molecule has 0 fully saturated rings. The monoisotopic (exact) mass is 407 g/mol. The van der Waals surface area contributed by atoms with Crippen molar-refractivity contribution >= 4 is 23.4 Å². The van der Waals surface area contributed by atoms with Crippen LogP contribution in [0.5, 0.6) is 5.75 Å². The molecule has 6 heteroatoms. The molecule has 0 aliphatic carbocycles. The zero-order valence-corrected chi connectivity index (χ0v) is 17.4. The number of ether oxygens (including phenoxy) is 1. The van der Waals surface area contributed by atoms with Gasteiger partial charge in [0.1, 0.15) is 11.3 Å². The highest BCUT2D eigenvalue weighted by atomic mass is 35.5. The molecule has 0 bridgehead atoms. The third kappa shape index (κ3) is 6.83. The van der Waals surface area contributed by atoms with Gasteiger partial charge in [-0.05, 0) is 62.1 Å². The number of aryl methyl sites for hydroxylation is 1. The minimum absolute atomic E-state index is 0.265. The third-order valence-corrected chi connectivity index (χ3v) is 5.66. The summed E-state index contributed by atoms with van der Waals surface area (Å²) in [4.78, 5) is 13.0. The Morgan fingerprint density at radius 1 is 1.22 bits per heavy atom. The highest BCUT2D eigenvalue weighted by Crippen LogP contribution is 2.33. The molecule has 1 N–H and O–H groups in total. The number of nitrogens with zero attached hydrogens (tertiary/aromatic N) is 1. The van der Waals surface area contributed by atoms with Crippen LogP contribution in [0.4, 0.5) is 0 Å². The summed E-state index contributed by atoms with van der Waals surface area (Å²) in [5.74, 6) is 0.876. The van der Waals surface area contributed by atoms with Crippen LogP contribution in [0.2, 0.25) is 5.02 Å². The van der Waals surface area contributed by atoms with E-state index in [9.17, 15) is 10.0 Å². The second kappa shape index (κ2) is 10.7. The summed E-state index contributed by atoms with van der Waals surface area (Å²) in [6.07, 6.45) is 3.20. The number of aliphatic hydroxyl groups is 1. The zero-order valence-electron chi connectivity index (χ0n) is 15.8. The average molecular weight is 408 g/mol. The lowest BCUT2D eigenvalue weighted by molar-refractivity contribution is 0.201. The van der Waals surface area contributed by atoms with E-state index >= 15 is 0 Å². The molecule has 0 spiro atoms. The second-order valence-electron chi connectivity index (χ2n) is 6.78. The van der Waals surface area contributed by atoms with Crippen LogP contribution in [0.15, 0.2) is 57.4 Å². The molecule has 0 aromatic heterocycles. The van der Waals surface area contributed by atoms with Crippen molar-refractivity contribution in [3.63, 3.8) is 0 Å². The second-order valence-corrected chi connectivity index (χ2v) is 8.33. The Labute approximate surface area is 170 Å². The maximum absolute atomic E-state index is 10.9. The molecule has 0 saturated carbocycles. The Morgan fingerprint density at radius 3 is 2.67 bits per heavy atom. The van der Waals surface area contributed by atoms with Crippen molar-refractivity contribution in [1.82, 2.24) is 0 Å². The molecule has 4 nitrogen and oxygen atoms in total. The van der Waals surface area contributed by atoms with E-state index < -0.39 is 5.54 Å². The van der Waals surface area contributed by atoms with Crippen molar-refractivity contribution in [1.29, 1.82) is 0 Å². The maximum atomic E-state index is 10.9. The van der Waals surface area contributed by atoms with Crippen molar-refractivity contribution in [3.05, 3.63) is 58.0 Å². The number of aliphatic hydroxyl groups excluding tert-OH is 1. The zero-order chi connectivity index (χ0) is 19.7. The molecule has 27 heavy (non-hydrogen) atoms. The van der Waals surface area contributed by atoms with E-state index in [0.29, 0.717) is 17.9 Å². The van der Waals surface area contributed by atoms with Crippen molar-refractivity contribution in [2.75, 3.05) is 13.2 Å². The molecule has 0 aliphatic rings. The fraction of sp³-hybridized carbons (Fsp3) is 0.429. The quantitative estimate of drug-likeness (QED) is 0.360. The topological polar surface area (TPSA) is 58.9 Å². The van der Waals surface area contributed by atoms with Gasteiger partial charge in [-0.3, -0.25) is 0 Å². The average Bonchev–Trinajstić information content (AvgIpc) is 2.68. The summed E-state index contributed by atoms with van der Waals surface area (Å²) in [7, 11) is 0. The van der Waals surface area contributed by atoms with Crippen LogP contribution in [0.25, 0.3) is 0 Å². The van der Waals surface area contributed by atoms with E-state index in [4.69, 9.17) is 16.3 Å². The number of hydrogen-bond donors (Lipinski definition) is 1. The van der Waals surface area contributed by atoms with Gasteiger partial charge in [-0.2, -0.15) is 4.91 Å². The lowest BCUT2D eigenvalue weighted by Crippen LogP contribution is -2.27. The fourth-order valence-corrected chi connectivity index (χ4v) is 3.70. The lowest BCUT2D eigenvalue weighted by atomic mass is 9.95. The number of hydrogen-bond acceptors (Lipinski definition) is 5. The standard InChI is InChI=1S/C21H26ClNO3S/c1-3-4-12-26-17-6-5-7-18(13-17)27-19-9-8-16(20(22)14-19)10-11-21(2,15-24)23-25/h5-9,13-14,24H,3-4,10-12,15H2,1-2H3. The van der Waals surface area contributed by atoms with Gasteiger partial charge in [0.05, 0.1) is 13.2 Å². The van der Waals surface area contributed by atoms with Crippen LogP contribution in [0.1, 0.15) is 38.7 Å². The molecule has 0 aliphatic heterocycles. The minimum Gasteiger partial charge on any atom is -0.494 e. The number of rotatable bonds is 11. The van der Waals surface area contributed by atoms with E-state index in [-0.39, 0.29) is 6.61 Å². The Hall–Kier alpha value is -1.56. The van der Waals surface area contributed by atoms with Crippen LogP contribution in [0, 0.1) is 4.91 Å². The first kappa shape index (κ1) is 21.7. The number of halogens is 1. The van der Waals surface area contributed by atoms with E-state index in [2.05, 4.69) is 12.1 Å². The summed E-state index contributed by atoms with van der Waals surface area (Å²) in [6, 6.07) is 13.9. The number of benzene rings is 2. The molecular formula is C21H26ClNO3S. The highest BCUT2D eigenvalue weighted by Gasteiger charge is 2.24. The molecule has 0 saturated heterocycles. The van der Waals surface area contributed by atoms with Crippen LogP contribution in [-0.4, -0.2) is 23.9 Å². The predicted octanol–water partition coefficient (Wildman–Crippen LogP) is 6.12. The van der Waals surface area contributed by atoms with E-state index in [1.54, 1.807) is 18.7 Å². The van der Waals surface area contributed by atoms with Crippen molar-refractivity contribution < 1.29 is 9.84 Å². The summed E-state index contributed by atoms with van der Waals surface area (Å²) < 4.78 is 5.76. The molecule has 1 atom stereocenters. The number of unbranched alkanes of at least 4 members (excludes halogenated alkanes) is 1. The van der Waals surface area contributed by atoms with Gasteiger partial charge in [-0.1, -0.05) is 54.0 Å². The Kier molecular flexibility index (Phi) is 8.61. The Bertz CT molecular complexity index is 756.